The molecule has 0 saturated carbocycles. The average molecular weight is 173 g/mol. The van der Waals surface area contributed by atoms with E-state index in [-0.39, 0.29) is 0 Å². The van der Waals surface area contributed by atoms with Crippen molar-refractivity contribution < 1.29 is 0 Å². The first kappa shape index (κ1) is 7.37. The van der Waals surface area contributed by atoms with Crippen molar-refractivity contribution in [3.8, 4) is 0 Å². The molecule has 0 aliphatic carbocycles. The van der Waals surface area contributed by atoms with Gasteiger partial charge in [0.1, 0.15) is 4.99 Å². The Hall–Kier alpha value is -1.28. The van der Waals surface area contributed by atoms with E-state index in [9.17, 15) is 0 Å². The number of hydrogen-bond donors (Lipinski definition) is 0. The molecular formula is C10H7NS. The molecule has 1 heterocycles. The Morgan fingerprint density at radius 1 is 1.00 bits per heavy atom. The van der Waals surface area contributed by atoms with Crippen LogP contribution in [0.2, 0.25) is 0 Å². The van der Waals surface area contributed by atoms with Gasteiger partial charge in [-0.2, -0.15) is 0 Å². The number of thiocarbonyl (C=S) groups is 1. The molecule has 0 radical (unpaired) electrons. The van der Waals surface area contributed by atoms with E-state index in [0.717, 1.165) is 11.3 Å². The maximum atomic E-state index is 4.92. The minimum atomic E-state index is 0.661. The summed E-state index contributed by atoms with van der Waals surface area (Å²) in [5.74, 6) is 0. The maximum absolute atomic E-state index is 4.92. The summed E-state index contributed by atoms with van der Waals surface area (Å²) in [7, 11) is 0. The Morgan fingerprint density at radius 2 is 1.75 bits per heavy atom. The van der Waals surface area contributed by atoms with E-state index >= 15 is 0 Å². The molecule has 0 unspecified atom stereocenters. The van der Waals surface area contributed by atoms with Crippen LogP contribution in [0.15, 0.2) is 47.5 Å². The SMILES string of the molecule is S=C1C=CC(c2ccccc2)=N1. The van der Waals surface area contributed by atoms with E-state index < -0.39 is 0 Å². The van der Waals surface area contributed by atoms with Gasteiger partial charge in [0.05, 0.1) is 5.71 Å². The first-order chi connectivity index (χ1) is 5.86. The van der Waals surface area contributed by atoms with Crippen LogP contribution >= 0.6 is 12.2 Å². The van der Waals surface area contributed by atoms with Gasteiger partial charge in [0.25, 0.3) is 0 Å². The summed E-state index contributed by atoms with van der Waals surface area (Å²) in [5.41, 5.74) is 2.08. The van der Waals surface area contributed by atoms with Crippen molar-refractivity contribution in [2.45, 2.75) is 0 Å². The van der Waals surface area contributed by atoms with Crippen molar-refractivity contribution >= 4 is 22.9 Å². The number of hydrogen-bond acceptors (Lipinski definition) is 1. The molecule has 58 valence electrons. The largest absolute Gasteiger partial charge is 0.237 e. The summed E-state index contributed by atoms with van der Waals surface area (Å²) in [6.07, 6.45) is 3.79. The molecule has 1 nitrogen and oxygen atoms in total. The van der Waals surface area contributed by atoms with Crippen molar-refractivity contribution in [1.29, 1.82) is 0 Å². The van der Waals surface area contributed by atoms with Gasteiger partial charge >= 0.3 is 0 Å². The fourth-order valence-electron chi connectivity index (χ4n) is 1.11. The summed E-state index contributed by atoms with van der Waals surface area (Å²) in [6.45, 7) is 0. The van der Waals surface area contributed by atoms with Crippen molar-refractivity contribution in [2.75, 3.05) is 0 Å². The molecule has 1 aromatic carbocycles. The minimum absolute atomic E-state index is 0.661. The number of rotatable bonds is 1. The molecule has 0 saturated heterocycles. The van der Waals surface area contributed by atoms with Crippen molar-refractivity contribution in [3.05, 3.63) is 48.0 Å². The quantitative estimate of drug-likeness (QED) is 0.594. The molecule has 0 N–H and O–H groups in total. The highest BCUT2D eigenvalue weighted by Gasteiger charge is 2.04. The van der Waals surface area contributed by atoms with Gasteiger partial charge in [0, 0.05) is 5.56 Å². The van der Waals surface area contributed by atoms with Crippen molar-refractivity contribution in [1.82, 2.24) is 0 Å². The molecule has 0 aromatic heterocycles. The fraction of sp³-hybridized carbons (Fsp3) is 0. The molecule has 0 fully saturated rings. The van der Waals surface area contributed by atoms with Crippen LogP contribution < -0.4 is 0 Å². The molecule has 2 rings (SSSR count). The third-order valence-electron chi connectivity index (χ3n) is 1.68. The fourth-order valence-corrected chi connectivity index (χ4v) is 1.28. The van der Waals surface area contributed by atoms with E-state index in [0.29, 0.717) is 4.99 Å². The lowest BCUT2D eigenvalue weighted by atomic mass is 10.1. The molecular weight excluding hydrogens is 166 g/mol. The molecule has 0 amide bonds. The monoisotopic (exact) mass is 173 g/mol. The van der Waals surface area contributed by atoms with Gasteiger partial charge in [-0.15, -0.1) is 0 Å². The van der Waals surface area contributed by atoms with Crippen molar-refractivity contribution in [2.24, 2.45) is 4.99 Å². The second-order valence-corrected chi connectivity index (χ2v) is 2.95. The van der Waals surface area contributed by atoms with Crippen LogP contribution in [0.3, 0.4) is 0 Å². The van der Waals surface area contributed by atoms with Crippen molar-refractivity contribution in [3.63, 3.8) is 0 Å². The van der Waals surface area contributed by atoms with E-state index in [4.69, 9.17) is 12.2 Å². The highest BCUT2D eigenvalue weighted by atomic mass is 32.1. The third kappa shape index (κ3) is 1.34. The Morgan fingerprint density at radius 3 is 2.33 bits per heavy atom. The van der Waals surface area contributed by atoms with E-state index in [1.165, 1.54) is 0 Å². The molecule has 2 heteroatoms. The van der Waals surface area contributed by atoms with Crippen LogP contribution in [0.4, 0.5) is 0 Å². The van der Waals surface area contributed by atoms with E-state index in [2.05, 4.69) is 4.99 Å². The topological polar surface area (TPSA) is 12.4 Å². The first-order valence-corrected chi connectivity index (χ1v) is 4.13. The molecule has 1 aliphatic heterocycles. The Kier molecular flexibility index (Phi) is 1.84. The second-order valence-electron chi connectivity index (χ2n) is 2.53. The Labute approximate surface area is 76.4 Å². The second kappa shape index (κ2) is 2.99. The summed E-state index contributed by atoms with van der Waals surface area (Å²) >= 11 is 4.92. The Balaban J connectivity index is 2.40. The number of allylic oxidation sites excluding steroid dienone is 1. The smallest absolute Gasteiger partial charge is 0.126 e. The van der Waals surface area contributed by atoms with Crippen LogP contribution in [-0.4, -0.2) is 10.7 Å². The lowest BCUT2D eigenvalue weighted by Crippen LogP contribution is -1.92. The van der Waals surface area contributed by atoms with E-state index in [1.54, 1.807) is 0 Å². The maximum Gasteiger partial charge on any atom is 0.126 e. The molecule has 1 aliphatic rings. The van der Waals surface area contributed by atoms with Gasteiger partial charge in [0.15, 0.2) is 0 Å². The van der Waals surface area contributed by atoms with Gasteiger partial charge in [0.2, 0.25) is 0 Å². The van der Waals surface area contributed by atoms with Crippen LogP contribution in [0.1, 0.15) is 5.56 Å². The zero-order chi connectivity index (χ0) is 8.39. The molecule has 12 heavy (non-hydrogen) atoms. The number of benzene rings is 1. The highest BCUT2D eigenvalue weighted by Crippen LogP contribution is 2.07. The number of aliphatic imine (C=N–C) groups is 1. The number of nitrogens with zero attached hydrogens (tertiary/aromatic N) is 1. The van der Waals surface area contributed by atoms with Gasteiger partial charge in [-0.25, -0.2) is 4.99 Å². The lowest BCUT2D eigenvalue weighted by Gasteiger charge is -1.94. The molecule has 0 spiro atoms. The summed E-state index contributed by atoms with van der Waals surface area (Å²) < 4.78 is 0. The van der Waals surface area contributed by atoms with E-state index in [1.807, 2.05) is 42.5 Å². The molecule has 0 bridgehead atoms. The summed E-state index contributed by atoms with van der Waals surface area (Å²) in [6, 6.07) is 10.0. The third-order valence-corrected chi connectivity index (χ3v) is 1.91. The zero-order valence-electron chi connectivity index (χ0n) is 6.40. The lowest BCUT2D eigenvalue weighted by molar-refractivity contribution is 1.63. The minimum Gasteiger partial charge on any atom is -0.237 e. The predicted molar refractivity (Wildman–Crippen MR) is 54.7 cm³/mol. The van der Waals surface area contributed by atoms with Gasteiger partial charge in [-0.1, -0.05) is 42.5 Å². The van der Waals surface area contributed by atoms with Gasteiger partial charge in [-0.05, 0) is 12.2 Å². The van der Waals surface area contributed by atoms with Crippen LogP contribution in [-0.2, 0) is 0 Å². The standard InChI is InChI=1S/C10H7NS/c12-10-7-6-9(11-10)8-4-2-1-3-5-8/h1-7H. The predicted octanol–water partition coefficient (Wildman–Crippen LogP) is 2.37. The normalized spacial score (nSPS) is 15.0. The van der Waals surface area contributed by atoms with Crippen LogP contribution in [0, 0.1) is 0 Å². The molecule has 0 atom stereocenters. The average Bonchev–Trinajstić information content (AvgIpc) is 2.54. The van der Waals surface area contributed by atoms with Crippen LogP contribution in [0.5, 0.6) is 0 Å². The Bertz CT molecular complexity index is 363. The highest BCUT2D eigenvalue weighted by molar-refractivity contribution is 7.80. The van der Waals surface area contributed by atoms with Gasteiger partial charge < -0.3 is 0 Å². The van der Waals surface area contributed by atoms with Crippen LogP contribution in [0.25, 0.3) is 0 Å². The summed E-state index contributed by atoms with van der Waals surface area (Å²) in [5, 5.41) is 0. The van der Waals surface area contributed by atoms with Gasteiger partial charge in [-0.3, -0.25) is 0 Å². The first-order valence-electron chi connectivity index (χ1n) is 3.72. The summed E-state index contributed by atoms with van der Waals surface area (Å²) in [4.78, 5) is 4.86. The molecule has 1 aromatic rings. The zero-order valence-corrected chi connectivity index (χ0v) is 7.21.